The molecule has 0 bridgehead atoms. The largest absolute Gasteiger partial charge is 0.392 e. The molecule has 4 heteroatoms. The van der Waals surface area contributed by atoms with Crippen molar-refractivity contribution < 1.29 is 9.90 Å². The van der Waals surface area contributed by atoms with Gasteiger partial charge in [0.25, 0.3) is 0 Å². The lowest BCUT2D eigenvalue weighted by atomic mass is 9.70. The number of fused-ring (bicyclic) bond motifs is 3. The maximum atomic E-state index is 12.4. The molecule has 2 heterocycles. The van der Waals surface area contributed by atoms with E-state index in [0.29, 0.717) is 25.7 Å². The van der Waals surface area contributed by atoms with Crippen molar-refractivity contribution >= 4 is 16.8 Å². The molecular formula is C17H18N2O2. The topological polar surface area (TPSA) is 66.0 Å². The van der Waals surface area contributed by atoms with Crippen molar-refractivity contribution in [2.24, 2.45) is 0 Å². The van der Waals surface area contributed by atoms with Crippen LogP contribution in [0.2, 0.25) is 0 Å². The molecule has 0 amide bonds. The molecule has 2 unspecified atom stereocenters. The van der Waals surface area contributed by atoms with Gasteiger partial charge in [-0.1, -0.05) is 18.2 Å². The molecule has 2 atom stereocenters. The predicted molar refractivity (Wildman–Crippen MR) is 80.0 cm³/mol. The number of benzene rings is 1. The second-order valence-electron chi connectivity index (χ2n) is 5.81. The van der Waals surface area contributed by atoms with Crippen LogP contribution < -0.4 is 0 Å². The fourth-order valence-corrected chi connectivity index (χ4v) is 3.52. The first-order chi connectivity index (χ1) is 10.1. The summed E-state index contributed by atoms with van der Waals surface area (Å²) in [6.07, 6.45) is 1.36. The Bertz CT molecular complexity index is 739. The monoisotopic (exact) mass is 282 g/mol. The first-order valence-corrected chi connectivity index (χ1v) is 7.29. The van der Waals surface area contributed by atoms with Gasteiger partial charge >= 0.3 is 0 Å². The number of rotatable bonds is 3. The summed E-state index contributed by atoms with van der Waals surface area (Å²) in [6, 6.07) is 11.9. The third-order valence-corrected chi connectivity index (χ3v) is 4.74. The van der Waals surface area contributed by atoms with Crippen molar-refractivity contribution in [2.45, 2.75) is 44.1 Å². The lowest BCUT2D eigenvalue weighted by molar-refractivity contribution is 0.0587. The van der Waals surface area contributed by atoms with Crippen LogP contribution in [0, 0.1) is 11.3 Å². The highest BCUT2D eigenvalue weighted by atomic mass is 16.3. The zero-order chi connectivity index (χ0) is 15.0. The molecule has 4 nitrogen and oxygen atoms in total. The summed E-state index contributed by atoms with van der Waals surface area (Å²) in [4.78, 5) is 12.4. The van der Waals surface area contributed by atoms with Gasteiger partial charge in [0.15, 0.2) is 0 Å². The molecule has 2 aromatic rings. The standard InChI is InChI=1S/C17H18N2O2/c1-12(20)17(8-4-10-18)9-7-16(21)19-14-6-3-2-5-13(14)11-15(17)19/h2-3,5-6,11-12,20H,4,7-9H2,1H3. The molecule has 1 aliphatic rings. The van der Waals surface area contributed by atoms with E-state index in [-0.39, 0.29) is 5.91 Å². The van der Waals surface area contributed by atoms with Crippen LogP contribution in [-0.2, 0) is 5.41 Å². The minimum absolute atomic E-state index is 0.0689. The first kappa shape index (κ1) is 13.8. The number of carbonyl (C=O) groups is 1. The van der Waals surface area contributed by atoms with Gasteiger partial charge in [-0.25, -0.2) is 0 Å². The van der Waals surface area contributed by atoms with Crippen LogP contribution >= 0.6 is 0 Å². The van der Waals surface area contributed by atoms with Gasteiger partial charge < -0.3 is 5.11 Å². The molecule has 0 fully saturated rings. The van der Waals surface area contributed by atoms with Gasteiger partial charge in [-0.2, -0.15) is 5.26 Å². The number of hydrogen-bond donors (Lipinski definition) is 1. The Morgan fingerprint density at radius 3 is 2.95 bits per heavy atom. The zero-order valence-corrected chi connectivity index (χ0v) is 12.0. The lowest BCUT2D eigenvalue weighted by Gasteiger charge is -2.40. The molecule has 0 spiro atoms. The van der Waals surface area contributed by atoms with E-state index >= 15 is 0 Å². The Balaban J connectivity index is 2.26. The fourth-order valence-electron chi connectivity index (χ4n) is 3.52. The second-order valence-corrected chi connectivity index (χ2v) is 5.81. The zero-order valence-electron chi connectivity index (χ0n) is 12.0. The van der Waals surface area contributed by atoms with E-state index in [4.69, 9.17) is 5.26 Å². The first-order valence-electron chi connectivity index (χ1n) is 7.29. The SMILES string of the molecule is CC(O)C1(CCC#N)CCC(=O)n2c1cc1ccccc12. The van der Waals surface area contributed by atoms with Crippen LogP contribution in [0.15, 0.2) is 30.3 Å². The van der Waals surface area contributed by atoms with E-state index in [9.17, 15) is 9.90 Å². The van der Waals surface area contributed by atoms with Crippen LogP contribution in [0.25, 0.3) is 10.9 Å². The Kier molecular flexibility index (Phi) is 3.30. The molecule has 1 aromatic carbocycles. The van der Waals surface area contributed by atoms with E-state index < -0.39 is 11.5 Å². The van der Waals surface area contributed by atoms with Gasteiger partial charge in [0, 0.05) is 29.3 Å². The molecule has 1 aliphatic heterocycles. The molecular weight excluding hydrogens is 264 g/mol. The van der Waals surface area contributed by atoms with Crippen molar-refractivity contribution in [2.75, 3.05) is 0 Å². The summed E-state index contributed by atoms with van der Waals surface area (Å²) in [7, 11) is 0. The maximum Gasteiger partial charge on any atom is 0.231 e. The summed E-state index contributed by atoms with van der Waals surface area (Å²) < 4.78 is 1.74. The molecule has 0 radical (unpaired) electrons. The molecule has 21 heavy (non-hydrogen) atoms. The number of para-hydroxylation sites is 1. The van der Waals surface area contributed by atoms with E-state index in [2.05, 4.69) is 6.07 Å². The van der Waals surface area contributed by atoms with Crippen molar-refractivity contribution in [3.05, 3.63) is 36.0 Å². The van der Waals surface area contributed by atoms with Gasteiger partial charge in [-0.05, 0) is 31.9 Å². The highest BCUT2D eigenvalue weighted by Crippen LogP contribution is 2.43. The van der Waals surface area contributed by atoms with Crippen LogP contribution in [-0.4, -0.2) is 21.7 Å². The van der Waals surface area contributed by atoms with E-state index in [0.717, 1.165) is 16.6 Å². The number of hydrogen-bond acceptors (Lipinski definition) is 3. The van der Waals surface area contributed by atoms with Crippen LogP contribution in [0.3, 0.4) is 0 Å². The van der Waals surface area contributed by atoms with Crippen molar-refractivity contribution in [3.63, 3.8) is 0 Å². The molecule has 1 aromatic heterocycles. The van der Waals surface area contributed by atoms with E-state index in [1.165, 1.54) is 0 Å². The van der Waals surface area contributed by atoms with Crippen LogP contribution in [0.1, 0.15) is 43.1 Å². The molecule has 0 saturated heterocycles. The highest BCUT2D eigenvalue weighted by molar-refractivity contribution is 5.95. The minimum Gasteiger partial charge on any atom is -0.392 e. The second kappa shape index (κ2) is 5.01. The summed E-state index contributed by atoms with van der Waals surface area (Å²) in [5.41, 5.74) is 1.23. The Morgan fingerprint density at radius 2 is 2.24 bits per heavy atom. The van der Waals surface area contributed by atoms with Crippen LogP contribution in [0.4, 0.5) is 0 Å². The highest BCUT2D eigenvalue weighted by Gasteiger charge is 2.43. The molecule has 1 N–H and O–H groups in total. The number of carbonyl (C=O) groups excluding carboxylic acids is 1. The summed E-state index contributed by atoms with van der Waals surface area (Å²) in [5, 5.41) is 20.3. The van der Waals surface area contributed by atoms with E-state index in [1.807, 2.05) is 30.3 Å². The Labute approximate surface area is 123 Å². The van der Waals surface area contributed by atoms with E-state index in [1.54, 1.807) is 11.5 Å². The van der Waals surface area contributed by atoms with Crippen LogP contribution in [0.5, 0.6) is 0 Å². The third-order valence-electron chi connectivity index (χ3n) is 4.74. The number of nitriles is 1. The van der Waals surface area contributed by atoms with Gasteiger partial charge in [-0.3, -0.25) is 9.36 Å². The summed E-state index contributed by atoms with van der Waals surface area (Å²) in [6.45, 7) is 1.76. The third kappa shape index (κ3) is 1.97. The maximum absolute atomic E-state index is 12.4. The average molecular weight is 282 g/mol. The number of nitrogens with zero attached hydrogens (tertiary/aromatic N) is 2. The molecule has 108 valence electrons. The smallest absolute Gasteiger partial charge is 0.231 e. The number of aliphatic hydroxyl groups is 1. The predicted octanol–water partition coefficient (Wildman–Crippen LogP) is 3.00. The lowest BCUT2D eigenvalue weighted by Crippen LogP contribution is -2.44. The van der Waals surface area contributed by atoms with Gasteiger partial charge in [0.1, 0.15) is 0 Å². The summed E-state index contributed by atoms with van der Waals surface area (Å²) >= 11 is 0. The summed E-state index contributed by atoms with van der Waals surface area (Å²) in [5.74, 6) is 0.0689. The fraction of sp³-hybridized carbons (Fsp3) is 0.412. The number of aliphatic hydroxyl groups excluding tert-OH is 1. The van der Waals surface area contributed by atoms with Crippen molar-refractivity contribution in [3.8, 4) is 6.07 Å². The quantitative estimate of drug-likeness (QED) is 0.941. The Hall–Kier alpha value is -2.12. The molecule has 3 rings (SSSR count). The average Bonchev–Trinajstić information content (AvgIpc) is 2.87. The van der Waals surface area contributed by atoms with Gasteiger partial charge in [0.2, 0.25) is 5.91 Å². The van der Waals surface area contributed by atoms with Gasteiger partial charge in [0.05, 0.1) is 17.7 Å². The van der Waals surface area contributed by atoms with Crippen molar-refractivity contribution in [1.29, 1.82) is 5.26 Å². The van der Waals surface area contributed by atoms with Crippen molar-refractivity contribution in [1.82, 2.24) is 4.57 Å². The molecule has 0 aliphatic carbocycles. The Morgan fingerprint density at radius 1 is 1.48 bits per heavy atom. The number of aromatic nitrogens is 1. The minimum atomic E-state index is -0.595. The molecule has 0 saturated carbocycles. The van der Waals surface area contributed by atoms with Gasteiger partial charge in [-0.15, -0.1) is 0 Å². The normalized spacial score (nSPS) is 22.8.